The predicted octanol–water partition coefficient (Wildman–Crippen LogP) is 3.37. The van der Waals surface area contributed by atoms with E-state index in [0.717, 1.165) is 5.56 Å². The molecule has 1 aromatic heterocycles. The van der Waals surface area contributed by atoms with Crippen molar-refractivity contribution >= 4 is 28.3 Å². The van der Waals surface area contributed by atoms with Crippen LogP contribution in [0.15, 0.2) is 30.3 Å². The van der Waals surface area contributed by atoms with Crippen molar-refractivity contribution in [3.63, 3.8) is 0 Å². The number of aromatic nitrogens is 1. The first-order valence-electron chi connectivity index (χ1n) is 7.38. The summed E-state index contributed by atoms with van der Waals surface area (Å²) in [6.07, 6.45) is 0. The summed E-state index contributed by atoms with van der Waals surface area (Å²) in [6, 6.07) is 9.70. The fourth-order valence-corrected chi connectivity index (χ4v) is 2.68. The second-order valence-corrected chi connectivity index (χ2v) is 7.31. The molecule has 0 aliphatic carbocycles. The average molecular weight is 331 g/mol. The van der Waals surface area contributed by atoms with Crippen LogP contribution in [0.1, 0.15) is 41.7 Å². The maximum atomic E-state index is 12.3. The molecule has 0 atom stereocenters. The van der Waals surface area contributed by atoms with Crippen LogP contribution in [0, 0.1) is 12.3 Å². The third-order valence-corrected chi connectivity index (χ3v) is 4.27. The van der Waals surface area contributed by atoms with Crippen LogP contribution in [0.25, 0.3) is 0 Å². The maximum absolute atomic E-state index is 12.3. The van der Waals surface area contributed by atoms with Gasteiger partial charge in [0.1, 0.15) is 4.88 Å². The SMILES string of the molecule is Cc1nc(NC(=O)C(C)(C)C)sc1C(=O)NCc1ccccc1. The number of rotatable bonds is 4. The molecule has 1 aromatic carbocycles. The molecular formula is C17H21N3O2S. The lowest BCUT2D eigenvalue weighted by Gasteiger charge is -2.15. The summed E-state index contributed by atoms with van der Waals surface area (Å²) >= 11 is 1.19. The van der Waals surface area contributed by atoms with Crippen LogP contribution in [-0.2, 0) is 11.3 Å². The van der Waals surface area contributed by atoms with Crippen LogP contribution in [0.2, 0.25) is 0 Å². The first-order valence-corrected chi connectivity index (χ1v) is 8.20. The van der Waals surface area contributed by atoms with Crippen molar-refractivity contribution in [1.29, 1.82) is 0 Å². The number of nitrogens with one attached hydrogen (secondary N) is 2. The highest BCUT2D eigenvalue weighted by Gasteiger charge is 2.23. The largest absolute Gasteiger partial charge is 0.347 e. The Balaban J connectivity index is 2.02. The topological polar surface area (TPSA) is 71.1 Å². The number of nitrogens with zero attached hydrogens (tertiary/aromatic N) is 1. The van der Waals surface area contributed by atoms with E-state index < -0.39 is 5.41 Å². The lowest BCUT2D eigenvalue weighted by Crippen LogP contribution is -2.27. The summed E-state index contributed by atoms with van der Waals surface area (Å²) in [5.41, 5.74) is 1.14. The normalized spacial score (nSPS) is 11.1. The Kier molecular flexibility index (Phi) is 5.15. The molecule has 0 radical (unpaired) electrons. The summed E-state index contributed by atoms with van der Waals surface area (Å²) in [5.74, 6) is -0.303. The van der Waals surface area contributed by atoms with Crippen molar-refractivity contribution in [3.05, 3.63) is 46.5 Å². The Morgan fingerprint density at radius 2 is 1.83 bits per heavy atom. The number of amides is 2. The molecule has 0 fully saturated rings. The molecule has 2 rings (SSSR count). The van der Waals surface area contributed by atoms with E-state index in [2.05, 4.69) is 15.6 Å². The highest BCUT2D eigenvalue weighted by atomic mass is 32.1. The number of benzene rings is 1. The fraction of sp³-hybridized carbons (Fsp3) is 0.353. The van der Waals surface area contributed by atoms with Crippen molar-refractivity contribution in [3.8, 4) is 0 Å². The van der Waals surface area contributed by atoms with E-state index >= 15 is 0 Å². The molecule has 23 heavy (non-hydrogen) atoms. The van der Waals surface area contributed by atoms with Gasteiger partial charge in [-0.2, -0.15) is 0 Å². The zero-order valence-electron chi connectivity index (χ0n) is 13.8. The second-order valence-electron chi connectivity index (χ2n) is 6.31. The van der Waals surface area contributed by atoms with E-state index in [1.54, 1.807) is 6.92 Å². The van der Waals surface area contributed by atoms with E-state index in [9.17, 15) is 9.59 Å². The number of hydrogen-bond acceptors (Lipinski definition) is 4. The van der Waals surface area contributed by atoms with Gasteiger partial charge in [-0.15, -0.1) is 0 Å². The molecule has 0 bridgehead atoms. The molecule has 0 spiro atoms. The van der Waals surface area contributed by atoms with Crippen LogP contribution in [0.4, 0.5) is 5.13 Å². The highest BCUT2D eigenvalue weighted by Crippen LogP contribution is 2.25. The summed E-state index contributed by atoms with van der Waals surface area (Å²) in [7, 11) is 0. The van der Waals surface area contributed by atoms with Crippen LogP contribution in [-0.4, -0.2) is 16.8 Å². The van der Waals surface area contributed by atoms with Crippen molar-refractivity contribution in [2.24, 2.45) is 5.41 Å². The van der Waals surface area contributed by atoms with E-state index in [1.807, 2.05) is 51.1 Å². The van der Waals surface area contributed by atoms with Gasteiger partial charge >= 0.3 is 0 Å². The van der Waals surface area contributed by atoms with Crippen molar-refractivity contribution in [2.45, 2.75) is 34.2 Å². The van der Waals surface area contributed by atoms with Crippen molar-refractivity contribution < 1.29 is 9.59 Å². The van der Waals surface area contributed by atoms with Gasteiger partial charge in [-0.1, -0.05) is 62.4 Å². The average Bonchev–Trinajstić information content (AvgIpc) is 2.85. The summed E-state index contributed by atoms with van der Waals surface area (Å²) < 4.78 is 0. The lowest BCUT2D eigenvalue weighted by molar-refractivity contribution is -0.123. The molecule has 1 heterocycles. The standard InChI is InChI=1S/C17H21N3O2S/c1-11-13(14(21)18-10-12-8-6-5-7-9-12)23-16(19-11)20-15(22)17(2,3)4/h5-9H,10H2,1-4H3,(H,18,21)(H,19,20,22). The summed E-state index contributed by atoms with van der Waals surface area (Å²) in [5, 5.41) is 6.08. The van der Waals surface area contributed by atoms with Gasteiger partial charge in [0.15, 0.2) is 5.13 Å². The first-order chi connectivity index (χ1) is 10.8. The second kappa shape index (κ2) is 6.91. The fourth-order valence-electron chi connectivity index (χ4n) is 1.80. The van der Waals surface area contributed by atoms with Crippen LogP contribution in [0.3, 0.4) is 0 Å². The molecule has 0 aliphatic rings. The van der Waals surface area contributed by atoms with Gasteiger partial charge in [0.05, 0.1) is 5.69 Å². The quantitative estimate of drug-likeness (QED) is 0.902. The third-order valence-electron chi connectivity index (χ3n) is 3.20. The van der Waals surface area contributed by atoms with E-state index in [0.29, 0.717) is 22.2 Å². The zero-order chi connectivity index (χ0) is 17.0. The van der Waals surface area contributed by atoms with Gasteiger partial charge in [0.2, 0.25) is 5.91 Å². The molecule has 0 aliphatic heterocycles. The Morgan fingerprint density at radius 1 is 1.17 bits per heavy atom. The molecular weight excluding hydrogens is 310 g/mol. The minimum Gasteiger partial charge on any atom is -0.347 e. The molecule has 122 valence electrons. The van der Waals surface area contributed by atoms with Gasteiger partial charge in [-0.25, -0.2) is 4.98 Å². The van der Waals surface area contributed by atoms with Crippen molar-refractivity contribution in [1.82, 2.24) is 10.3 Å². The molecule has 2 amide bonds. The van der Waals surface area contributed by atoms with Gasteiger partial charge in [-0.05, 0) is 12.5 Å². The smallest absolute Gasteiger partial charge is 0.263 e. The van der Waals surface area contributed by atoms with Crippen LogP contribution in [0.5, 0.6) is 0 Å². The maximum Gasteiger partial charge on any atom is 0.263 e. The summed E-state index contributed by atoms with van der Waals surface area (Å²) in [6.45, 7) is 7.71. The number of aryl methyl sites for hydroxylation is 1. The Labute approximate surface area is 140 Å². The lowest BCUT2D eigenvalue weighted by atomic mass is 9.96. The monoisotopic (exact) mass is 331 g/mol. The molecule has 0 unspecified atom stereocenters. The molecule has 2 aromatic rings. The highest BCUT2D eigenvalue weighted by molar-refractivity contribution is 7.17. The first kappa shape index (κ1) is 17.1. The number of anilines is 1. The zero-order valence-corrected chi connectivity index (χ0v) is 14.6. The van der Waals surface area contributed by atoms with Crippen molar-refractivity contribution in [2.75, 3.05) is 5.32 Å². The molecule has 5 nitrogen and oxygen atoms in total. The van der Waals surface area contributed by atoms with E-state index in [-0.39, 0.29) is 11.8 Å². The molecule has 6 heteroatoms. The van der Waals surface area contributed by atoms with Crippen LogP contribution >= 0.6 is 11.3 Å². The van der Waals surface area contributed by atoms with Gasteiger partial charge in [-0.3, -0.25) is 9.59 Å². The van der Waals surface area contributed by atoms with Gasteiger partial charge in [0.25, 0.3) is 5.91 Å². The number of carbonyl (C=O) groups is 2. The van der Waals surface area contributed by atoms with Gasteiger partial charge < -0.3 is 10.6 Å². The van der Waals surface area contributed by atoms with Crippen LogP contribution < -0.4 is 10.6 Å². The Hall–Kier alpha value is -2.21. The molecule has 0 saturated carbocycles. The van der Waals surface area contributed by atoms with Gasteiger partial charge in [0, 0.05) is 12.0 Å². The Bertz CT molecular complexity index is 702. The van der Waals surface area contributed by atoms with E-state index in [1.165, 1.54) is 11.3 Å². The minimum absolute atomic E-state index is 0.123. The number of carbonyl (C=O) groups excluding carboxylic acids is 2. The van der Waals surface area contributed by atoms with E-state index in [4.69, 9.17) is 0 Å². The number of hydrogen-bond donors (Lipinski definition) is 2. The molecule has 2 N–H and O–H groups in total. The Morgan fingerprint density at radius 3 is 2.43 bits per heavy atom. The minimum atomic E-state index is -0.505. The predicted molar refractivity (Wildman–Crippen MR) is 92.5 cm³/mol. The molecule has 0 saturated heterocycles. The summed E-state index contributed by atoms with van der Waals surface area (Å²) in [4.78, 5) is 29.1. The number of thiazole rings is 1. The third kappa shape index (κ3) is 4.63.